The molecule has 4 heterocycles. The number of rotatable bonds is 17. The Morgan fingerprint density at radius 3 is 0.790 bits per heavy atom. The van der Waals surface area contributed by atoms with Gasteiger partial charge in [-0.05, 0) is 234 Å². The number of benzene rings is 21. The zero-order valence-electron chi connectivity index (χ0n) is 74.4. The molecular weight excluding hydrogens is 1780 g/mol. The average Bonchev–Trinajstić information content (AvgIpc) is 1.46. The topological polar surface area (TPSA) is 65.5 Å². The minimum atomic E-state index is 0.664. The molecule has 12 heteroatoms. The molecule has 0 saturated carbocycles. The third kappa shape index (κ3) is 17.8. The maximum absolute atomic E-state index is 6.64. The summed E-state index contributed by atoms with van der Waals surface area (Å²) in [5.74, 6) is 0. The lowest BCUT2D eigenvalue weighted by atomic mass is 9.98. The molecule has 25 aromatic rings. The van der Waals surface area contributed by atoms with Crippen molar-refractivity contribution in [1.29, 1.82) is 0 Å². The molecule has 0 radical (unpaired) electrons. The Labute approximate surface area is 818 Å². The molecule has 21 aromatic carbocycles. The fourth-order valence-electron chi connectivity index (χ4n) is 18.5. The van der Waals surface area contributed by atoms with E-state index in [-0.39, 0.29) is 0 Å². The highest BCUT2D eigenvalue weighted by atomic mass is 35.5. The van der Waals surface area contributed by atoms with E-state index in [1.54, 1.807) is 0 Å². The van der Waals surface area contributed by atoms with Gasteiger partial charge >= 0.3 is 0 Å². The maximum Gasteiger partial charge on any atom is 0.144 e. The van der Waals surface area contributed by atoms with Crippen LogP contribution in [0.2, 0.25) is 20.1 Å². The molecule has 138 heavy (non-hydrogen) atoms. The predicted molar refractivity (Wildman–Crippen MR) is 581 cm³/mol. The quantitative estimate of drug-likeness (QED) is 0.0894. The smallest absolute Gasteiger partial charge is 0.144 e. The van der Waals surface area contributed by atoms with Crippen molar-refractivity contribution >= 4 is 202 Å². The van der Waals surface area contributed by atoms with Crippen molar-refractivity contribution in [2.75, 3.05) is 19.6 Å². The highest BCUT2D eigenvalue weighted by Crippen LogP contribution is 2.51. The van der Waals surface area contributed by atoms with Gasteiger partial charge in [0.25, 0.3) is 0 Å². The van der Waals surface area contributed by atoms with Crippen LogP contribution < -0.4 is 19.6 Å². The molecule has 4 aromatic heterocycles. The van der Waals surface area contributed by atoms with Gasteiger partial charge in [-0.1, -0.05) is 338 Å². The van der Waals surface area contributed by atoms with Crippen LogP contribution in [-0.2, 0) is 0 Å². The Hall–Kier alpha value is -16.8. The number of furan rings is 4. The highest BCUT2D eigenvalue weighted by Gasteiger charge is 2.26. The van der Waals surface area contributed by atoms with Gasteiger partial charge in [-0.25, -0.2) is 0 Å². The van der Waals surface area contributed by atoms with Gasteiger partial charge in [-0.3, -0.25) is 0 Å². The first kappa shape index (κ1) is 86.6. The monoisotopic (exact) mass is 1860 g/mol. The predicted octanol–water partition coefficient (Wildman–Crippen LogP) is 39.2. The third-order valence-corrected chi connectivity index (χ3v) is 25.9. The van der Waals surface area contributed by atoms with Gasteiger partial charge < -0.3 is 37.3 Å². The Morgan fingerprint density at radius 2 is 0.420 bits per heavy atom. The van der Waals surface area contributed by atoms with Gasteiger partial charge in [0.05, 0.1) is 22.1 Å². The largest absolute Gasteiger partial charge is 0.456 e. The van der Waals surface area contributed by atoms with Gasteiger partial charge in [-0.2, -0.15) is 0 Å². The van der Waals surface area contributed by atoms with Crippen LogP contribution in [0.25, 0.3) is 143 Å². The number of fused-ring (bicyclic) bond motifs is 12. The van der Waals surface area contributed by atoms with Gasteiger partial charge in [0.2, 0.25) is 0 Å². The lowest BCUT2D eigenvalue weighted by Crippen LogP contribution is -2.12. The minimum absolute atomic E-state index is 0.664. The lowest BCUT2D eigenvalue weighted by molar-refractivity contribution is 0.668. The molecular formula is C126H84Cl4N4O4. The van der Waals surface area contributed by atoms with E-state index < -0.39 is 0 Å². The molecule has 660 valence electrons. The van der Waals surface area contributed by atoms with E-state index in [1.807, 2.05) is 121 Å². The summed E-state index contributed by atoms with van der Waals surface area (Å²) in [5, 5.41) is 11.2. The summed E-state index contributed by atoms with van der Waals surface area (Å²) in [6.07, 6.45) is 0. The molecule has 0 N–H and O–H groups in total. The van der Waals surface area contributed by atoms with Crippen LogP contribution in [0.3, 0.4) is 0 Å². The van der Waals surface area contributed by atoms with Crippen molar-refractivity contribution in [2.24, 2.45) is 0 Å². The second-order valence-electron chi connectivity index (χ2n) is 33.5. The lowest BCUT2D eigenvalue weighted by Gasteiger charge is -2.30. The van der Waals surface area contributed by atoms with Crippen molar-refractivity contribution in [1.82, 2.24) is 0 Å². The van der Waals surface area contributed by atoms with E-state index in [0.29, 0.717) is 20.1 Å². The molecule has 0 fully saturated rings. The molecule has 0 aliphatic rings. The van der Waals surface area contributed by atoms with E-state index in [2.05, 4.69) is 408 Å². The first-order valence-electron chi connectivity index (χ1n) is 45.6. The molecule has 8 nitrogen and oxygen atoms in total. The number of para-hydroxylation sites is 7. The summed E-state index contributed by atoms with van der Waals surface area (Å²) in [5.41, 5.74) is 30.9. The third-order valence-electron chi connectivity index (χ3n) is 24.9. The molecule has 0 unspecified atom stereocenters. The maximum atomic E-state index is 6.64. The van der Waals surface area contributed by atoms with Crippen LogP contribution in [-0.4, -0.2) is 0 Å². The molecule has 0 atom stereocenters. The van der Waals surface area contributed by atoms with Crippen LogP contribution in [0.5, 0.6) is 0 Å². The summed E-state index contributed by atoms with van der Waals surface area (Å²) in [6.45, 7) is 0. The van der Waals surface area contributed by atoms with Crippen molar-refractivity contribution in [2.45, 2.75) is 0 Å². The minimum Gasteiger partial charge on any atom is -0.456 e. The van der Waals surface area contributed by atoms with E-state index in [1.165, 1.54) is 27.8 Å². The number of hydrogen-bond donors (Lipinski definition) is 0. The number of halogens is 4. The number of nitrogens with zero attached hydrogens (tertiary/aromatic N) is 4. The van der Waals surface area contributed by atoms with E-state index >= 15 is 0 Å². The van der Waals surface area contributed by atoms with Crippen LogP contribution in [0.4, 0.5) is 68.2 Å². The standard InChI is InChI=1S/2C36H24ClNO.C30H20ClNO.C24H16ClNO/c37-27-19-21-31-32-24-28(20-22-35(32)39-36(31)23-27)38(33-17-9-7-15-29(33)25-11-3-1-4-12-25)34-18-10-8-16-30(34)26-13-5-2-6-14-26;37-28-18-20-32-33-24-30(19-21-35(33)39-36(32)23-28)38(29-15-9-14-27(22-29)25-10-3-1-4-11-25)34-17-8-7-16-31(34)26-12-5-2-6-13-26;31-27-18-17-25-26-20-24(32(22-12-6-2-7-13-22)23-14-8-3-9-15-23)16-19-28(26)33-30(25)29(27)21-10-4-1-5-11-21;25-17-11-13-21-22-16-20(12-14-23(22)27-24(21)15-17)26(18-7-3-1-4-8-18)19-9-5-2-6-10-19/h2*1-24H;1-20H;1-16H. The summed E-state index contributed by atoms with van der Waals surface area (Å²) in [6, 6.07) is 175. The highest BCUT2D eigenvalue weighted by molar-refractivity contribution is 6.36. The number of hydrogen-bond acceptors (Lipinski definition) is 8. The fourth-order valence-corrected chi connectivity index (χ4v) is 19.3. The summed E-state index contributed by atoms with van der Waals surface area (Å²) in [7, 11) is 0. The second-order valence-corrected chi connectivity index (χ2v) is 35.2. The van der Waals surface area contributed by atoms with Crippen molar-refractivity contribution in [3.63, 3.8) is 0 Å². The van der Waals surface area contributed by atoms with Crippen molar-refractivity contribution < 1.29 is 17.7 Å². The van der Waals surface area contributed by atoms with Crippen LogP contribution in [0, 0.1) is 0 Å². The number of anilines is 12. The zero-order chi connectivity index (χ0) is 92.8. The fraction of sp³-hybridized carbons (Fsp3) is 0. The van der Waals surface area contributed by atoms with E-state index in [4.69, 9.17) is 64.1 Å². The molecule has 0 aliphatic carbocycles. The SMILES string of the molecule is Clc1ccc2c(c1)oc1ccc(N(c3cccc(-c4ccccc4)c3)c3ccccc3-c3ccccc3)cc12.Clc1ccc2c(c1)oc1ccc(N(c3ccccc3)c3ccccc3)cc12.Clc1ccc2c(c1)oc1ccc(N(c3ccccc3-c3ccccc3)c3ccccc3-c3ccccc3)cc12.Clc1ccc2c(oc3ccc(N(c4ccccc4)c4ccccc4)cc32)c1-c1ccccc1. The molecule has 25 rings (SSSR count). The molecule has 0 amide bonds. The summed E-state index contributed by atoms with van der Waals surface area (Å²) < 4.78 is 24.6. The van der Waals surface area contributed by atoms with Crippen molar-refractivity contribution in [3.05, 3.63) is 530 Å². The van der Waals surface area contributed by atoms with Gasteiger partial charge in [0.15, 0.2) is 0 Å². The molecule has 0 spiro atoms. The van der Waals surface area contributed by atoms with Gasteiger partial charge in [-0.15, -0.1) is 0 Å². The van der Waals surface area contributed by atoms with E-state index in [0.717, 1.165) is 184 Å². The molecule has 0 bridgehead atoms. The Balaban J connectivity index is 0.000000107. The molecule has 0 saturated heterocycles. The second kappa shape index (κ2) is 39.0. The zero-order valence-corrected chi connectivity index (χ0v) is 77.5. The Kier molecular flexibility index (Phi) is 24.5. The summed E-state index contributed by atoms with van der Waals surface area (Å²) in [4.78, 5) is 9.20. The van der Waals surface area contributed by atoms with E-state index in [9.17, 15) is 0 Å². The molecule has 0 aliphatic heterocycles. The van der Waals surface area contributed by atoms with Crippen LogP contribution in [0.15, 0.2) is 527 Å². The average molecular weight is 1860 g/mol. The first-order chi connectivity index (χ1) is 68.1. The van der Waals surface area contributed by atoms with Gasteiger partial charge in [0.1, 0.15) is 44.7 Å². The van der Waals surface area contributed by atoms with Crippen molar-refractivity contribution in [3.8, 4) is 55.6 Å². The van der Waals surface area contributed by atoms with Crippen LogP contribution >= 0.6 is 46.4 Å². The first-order valence-corrected chi connectivity index (χ1v) is 47.2. The summed E-state index contributed by atoms with van der Waals surface area (Å²) >= 11 is 25.3. The Bertz CT molecular complexity index is 8480. The van der Waals surface area contributed by atoms with Gasteiger partial charge in [0, 0.05) is 150 Å². The van der Waals surface area contributed by atoms with Crippen LogP contribution in [0.1, 0.15) is 0 Å². The Morgan fingerprint density at radius 1 is 0.152 bits per heavy atom. The normalized spacial score (nSPS) is 11.2.